The molecule has 3 rings (SSSR count). The van der Waals surface area contributed by atoms with E-state index < -0.39 is 0 Å². The number of thioether (sulfide) groups is 1. The summed E-state index contributed by atoms with van der Waals surface area (Å²) in [6.07, 6.45) is 3.25. The molecule has 0 saturated carbocycles. The van der Waals surface area contributed by atoms with Gasteiger partial charge in [-0.3, -0.25) is 9.59 Å². The minimum Gasteiger partial charge on any atom is -0.495 e. The number of anilines is 2. The van der Waals surface area contributed by atoms with E-state index >= 15 is 0 Å². The summed E-state index contributed by atoms with van der Waals surface area (Å²) in [5.41, 5.74) is 2.17. The Morgan fingerprint density at radius 2 is 1.74 bits per heavy atom. The highest BCUT2D eigenvalue weighted by Crippen LogP contribution is 2.28. The van der Waals surface area contributed by atoms with E-state index in [1.54, 1.807) is 36.4 Å². The number of hydrogen-bond donors (Lipinski definition) is 2. The van der Waals surface area contributed by atoms with Gasteiger partial charge in [0, 0.05) is 21.7 Å². The van der Waals surface area contributed by atoms with Crippen LogP contribution in [-0.2, 0) is 9.59 Å². The minimum atomic E-state index is -0.209. The summed E-state index contributed by atoms with van der Waals surface area (Å²) in [6, 6.07) is 22.0. The van der Waals surface area contributed by atoms with Crippen molar-refractivity contribution >= 4 is 52.6 Å². The number of rotatable bonds is 8. The number of ether oxygens (including phenoxy) is 1. The van der Waals surface area contributed by atoms with Gasteiger partial charge in [0.05, 0.1) is 18.6 Å². The van der Waals surface area contributed by atoms with Crippen molar-refractivity contribution in [3.8, 4) is 5.75 Å². The van der Waals surface area contributed by atoms with Crippen molar-refractivity contribution in [2.24, 2.45) is 0 Å². The molecular weight excluding hydrogens is 432 g/mol. The van der Waals surface area contributed by atoms with Gasteiger partial charge in [-0.1, -0.05) is 41.9 Å². The van der Waals surface area contributed by atoms with Crippen molar-refractivity contribution in [1.82, 2.24) is 0 Å². The van der Waals surface area contributed by atoms with Crippen LogP contribution in [-0.4, -0.2) is 24.7 Å². The van der Waals surface area contributed by atoms with Gasteiger partial charge in [0.15, 0.2) is 0 Å². The molecule has 0 heterocycles. The molecule has 5 nitrogen and oxygen atoms in total. The topological polar surface area (TPSA) is 67.4 Å². The Morgan fingerprint density at radius 3 is 2.45 bits per heavy atom. The minimum absolute atomic E-state index is 0.172. The lowest BCUT2D eigenvalue weighted by atomic mass is 10.2. The first-order valence-electron chi connectivity index (χ1n) is 9.44. The standard InChI is InChI=1S/C24H21ClN2O3S/c1-30-22-13-8-18(25)15-21(22)27-24(29)16-31-20-11-9-19(10-12-20)26-23(28)14-7-17-5-3-2-4-6-17/h2-15H,16H2,1H3,(H,26,28)(H,27,29)/b14-7+. The first-order valence-corrected chi connectivity index (χ1v) is 10.8. The number of methoxy groups -OCH3 is 1. The second-order valence-corrected chi connectivity index (χ2v) is 7.92. The van der Waals surface area contributed by atoms with Gasteiger partial charge in [0.2, 0.25) is 11.8 Å². The molecule has 0 spiro atoms. The Kier molecular flexibility index (Phi) is 8.15. The van der Waals surface area contributed by atoms with Crippen LogP contribution in [0.4, 0.5) is 11.4 Å². The first kappa shape index (κ1) is 22.5. The van der Waals surface area contributed by atoms with E-state index in [0.29, 0.717) is 22.1 Å². The zero-order valence-electron chi connectivity index (χ0n) is 16.8. The van der Waals surface area contributed by atoms with Gasteiger partial charge < -0.3 is 15.4 Å². The highest BCUT2D eigenvalue weighted by molar-refractivity contribution is 8.00. The van der Waals surface area contributed by atoms with Crippen molar-refractivity contribution < 1.29 is 14.3 Å². The van der Waals surface area contributed by atoms with Crippen LogP contribution >= 0.6 is 23.4 Å². The van der Waals surface area contributed by atoms with Crippen molar-refractivity contribution in [2.45, 2.75) is 4.90 Å². The van der Waals surface area contributed by atoms with Gasteiger partial charge in [0.1, 0.15) is 5.75 Å². The Bertz CT molecular complexity index is 1070. The van der Waals surface area contributed by atoms with Crippen LogP contribution in [0.25, 0.3) is 6.08 Å². The third-order valence-electron chi connectivity index (χ3n) is 4.15. The molecule has 2 amide bonds. The van der Waals surface area contributed by atoms with E-state index in [1.807, 2.05) is 42.5 Å². The van der Waals surface area contributed by atoms with E-state index in [1.165, 1.54) is 24.9 Å². The third-order valence-corrected chi connectivity index (χ3v) is 5.40. The van der Waals surface area contributed by atoms with Crippen molar-refractivity contribution in [2.75, 3.05) is 23.5 Å². The number of halogens is 1. The van der Waals surface area contributed by atoms with Gasteiger partial charge in [-0.05, 0) is 54.1 Å². The first-order chi connectivity index (χ1) is 15.0. The normalized spacial score (nSPS) is 10.6. The summed E-state index contributed by atoms with van der Waals surface area (Å²) in [6.45, 7) is 0. The lowest BCUT2D eigenvalue weighted by Crippen LogP contribution is -2.14. The quantitative estimate of drug-likeness (QED) is 0.338. The largest absolute Gasteiger partial charge is 0.495 e. The van der Waals surface area contributed by atoms with E-state index in [-0.39, 0.29) is 17.6 Å². The molecule has 0 aliphatic carbocycles. The SMILES string of the molecule is COc1ccc(Cl)cc1NC(=O)CSc1ccc(NC(=O)/C=C/c2ccccc2)cc1. The molecule has 7 heteroatoms. The maximum Gasteiger partial charge on any atom is 0.248 e. The molecule has 0 bridgehead atoms. The molecule has 0 fully saturated rings. The molecule has 0 saturated heterocycles. The Morgan fingerprint density at radius 1 is 1.00 bits per heavy atom. The molecule has 3 aromatic carbocycles. The van der Waals surface area contributed by atoms with Gasteiger partial charge in [0.25, 0.3) is 0 Å². The molecule has 0 radical (unpaired) electrons. The van der Waals surface area contributed by atoms with Crippen molar-refractivity contribution in [3.63, 3.8) is 0 Å². The van der Waals surface area contributed by atoms with Gasteiger partial charge >= 0.3 is 0 Å². The molecule has 31 heavy (non-hydrogen) atoms. The van der Waals surface area contributed by atoms with Crippen LogP contribution in [0.5, 0.6) is 5.75 Å². The maximum absolute atomic E-state index is 12.3. The number of hydrogen-bond acceptors (Lipinski definition) is 4. The lowest BCUT2D eigenvalue weighted by molar-refractivity contribution is -0.114. The molecule has 3 aromatic rings. The highest BCUT2D eigenvalue weighted by Gasteiger charge is 2.09. The Labute approximate surface area is 190 Å². The molecule has 0 aromatic heterocycles. The second-order valence-electron chi connectivity index (χ2n) is 6.44. The summed E-state index contributed by atoms with van der Waals surface area (Å²) in [7, 11) is 1.53. The zero-order valence-corrected chi connectivity index (χ0v) is 18.4. The fraction of sp³-hybridized carbons (Fsp3) is 0.0833. The molecule has 158 valence electrons. The van der Waals surface area contributed by atoms with E-state index in [4.69, 9.17) is 16.3 Å². The fourth-order valence-corrected chi connectivity index (χ4v) is 3.54. The number of carbonyl (C=O) groups excluding carboxylic acids is 2. The summed E-state index contributed by atoms with van der Waals surface area (Å²) in [4.78, 5) is 25.2. The summed E-state index contributed by atoms with van der Waals surface area (Å²) < 4.78 is 5.23. The summed E-state index contributed by atoms with van der Waals surface area (Å²) in [5.74, 6) is 0.388. The zero-order chi connectivity index (χ0) is 22.1. The maximum atomic E-state index is 12.3. The molecule has 0 unspecified atom stereocenters. The van der Waals surface area contributed by atoms with Crippen LogP contribution in [0, 0.1) is 0 Å². The third kappa shape index (κ3) is 7.20. The summed E-state index contributed by atoms with van der Waals surface area (Å²) in [5, 5.41) is 6.13. The van der Waals surface area contributed by atoms with Gasteiger partial charge in [-0.25, -0.2) is 0 Å². The van der Waals surface area contributed by atoms with Crippen LogP contribution in [0.3, 0.4) is 0 Å². The fourth-order valence-electron chi connectivity index (χ4n) is 2.67. The predicted molar refractivity (Wildman–Crippen MR) is 128 cm³/mol. The van der Waals surface area contributed by atoms with E-state index in [2.05, 4.69) is 10.6 Å². The number of benzene rings is 3. The smallest absolute Gasteiger partial charge is 0.248 e. The van der Waals surface area contributed by atoms with Crippen molar-refractivity contribution in [3.05, 3.63) is 89.5 Å². The molecule has 2 N–H and O–H groups in total. The number of nitrogens with one attached hydrogen (secondary N) is 2. The van der Waals surface area contributed by atoms with Crippen LogP contribution < -0.4 is 15.4 Å². The van der Waals surface area contributed by atoms with Crippen molar-refractivity contribution in [1.29, 1.82) is 0 Å². The predicted octanol–water partition coefficient (Wildman–Crippen LogP) is 5.73. The molecule has 0 atom stereocenters. The Balaban J connectivity index is 1.49. The van der Waals surface area contributed by atoms with Gasteiger partial charge in [-0.15, -0.1) is 11.8 Å². The monoisotopic (exact) mass is 452 g/mol. The summed E-state index contributed by atoms with van der Waals surface area (Å²) >= 11 is 7.37. The average molecular weight is 453 g/mol. The van der Waals surface area contributed by atoms with E-state index in [9.17, 15) is 9.59 Å². The average Bonchev–Trinajstić information content (AvgIpc) is 2.78. The molecule has 0 aliphatic heterocycles. The lowest BCUT2D eigenvalue weighted by Gasteiger charge is -2.10. The van der Waals surface area contributed by atoms with E-state index in [0.717, 1.165) is 10.5 Å². The molecular formula is C24H21ClN2O3S. The van der Waals surface area contributed by atoms with Gasteiger partial charge in [-0.2, -0.15) is 0 Å². The number of carbonyl (C=O) groups is 2. The second kappa shape index (κ2) is 11.2. The van der Waals surface area contributed by atoms with Crippen LogP contribution in [0.1, 0.15) is 5.56 Å². The number of amides is 2. The highest BCUT2D eigenvalue weighted by atomic mass is 35.5. The van der Waals surface area contributed by atoms with Crippen LogP contribution in [0.15, 0.2) is 83.8 Å². The Hall–Kier alpha value is -3.22. The van der Waals surface area contributed by atoms with Crippen LogP contribution in [0.2, 0.25) is 5.02 Å². The molecule has 0 aliphatic rings.